The van der Waals surface area contributed by atoms with Gasteiger partial charge in [0.25, 0.3) is 5.91 Å². The van der Waals surface area contributed by atoms with Crippen molar-refractivity contribution in [3.63, 3.8) is 0 Å². The fourth-order valence-electron chi connectivity index (χ4n) is 4.61. The molecule has 0 radical (unpaired) electrons. The Kier molecular flexibility index (Phi) is 5.75. The van der Waals surface area contributed by atoms with E-state index in [1.807, 2.05) is 29.2 Å². The first-order valence-electron chi connectivity index (χ1n) is 10.5. The number of ether oxygens (including phenoxy) is 1. The number of aromatic nitrogens is 2. The summed E-state index contributed by atoms with van der Waals surface area (Å²) in [6, 6.07) is 9.50. The first-order chi connectivity index (χ1) is 14.5. The molecule has 2 fully saturated rings. The first kappa shape index (κ1) is 20.4. The summed E-state index contributed by atoms with van der Waals surface area (Å²) in [5, 5.41) is 13.3. The summed E-state index contributed by atoms with van der Waals surface area (Å²) < 4.78 is 7.33. The molecule has 158 valence electrons. The van der Waals surface area contributed by atoms with Gasteiger partial charge in [-0.1, -0.05) is 6.07 Å². The van der Waals surface area contributed by atoms with Gasteiger partial charge in [-0.3, -0.25) is 9.69 Å². The maximum Gasteiger partial charge on any atom is 0.254 e. The predicted octanol–water partition coefficient (Wildman–Crippen LogP) is 2.04. The molecule has 0 bridgehead atoms. The highest BCUT2D eigenvalue weighted by molar-refractivity contribution is 5.95. The van der Waals surface area contributed by atoms with E-state index in [1.165, 1.54) is 10.9 Å². The minimum atomic E-state index is 0.0277. The second-order valence-electron chi connectivity index (χ2n) is 8.29. The smallest absolute Gasteiger partial charge is 0.254 e. The lowest BCUT2D eigenvalue weighted by atomic mass is 10.1. The number of amides is 1. The maximum atomic E-state index is 13.3. The molecule has 2 aliphatic heterocycles. The minimum Gasteiger partial charge on any atom is -0.382 e. The van der Waals surface area contributed by atoms with Crippen LogP contribution in [0.15, 0.2) is 30.5 Å². The van der Waals surface area contributed by atoms with Gasteiger partial charge in [-0.05, 0) is 44.9 Å². The number of nitriles is 1. The molecule has 0 spiro atoms. The molecular formula is C22H28N6O2. The monoisotopic (exact) mass is 408 g/mol. The SMILES string of the molecule is CC1CN(CC2CCCN2C(=O)c2cccc(-n3ncc(C#N)c3N)c2)CC(C)O1. The molecule has 1 amide bonds. The molecule has 2 aliphatic rings. The number of anilines is 1. The fraction of sp³-hybridized carbons (Fsp3) is 0.500. The Balaban J connectivity index is 1.51. The number of nitrogens with two attached hydrogens (primary N) is 1. The predicted molar refractivity (Wildman–Crippen MR) is 113 cm³/mol. The number of morpholine rings is 1. The van der Waals surface area contributed by atoms with Crippen LogP contribution in [-0.2, 0) is 4.74 Å². The number of carbonyl (C=O) groups excluding carboxylic acids is 1. The zero-order valence-electron chi connectivity index (χ0n) is 17.5. The largest absolute Gasteiger partial charge is 0.382 e. The molecule has 8 nitrogen and oxygen atoms in total. The Morgan fingerprint density at radius 2 is 2.10 bits per heavy atom. The van der Waals surface area contributed by atoms with E-state index in [9.17, 15) is 4.79 Å². The number of nitrogens with zero attached hydrogens (tertiary/aromatic N) is 5. The molecule has 3 unspecified atom stereocenters. The molecule has 2 saturated heterocycles. The van der Waals surface area contributed by atoms with Crippen LogP contribution in [0.1, 0.15) is 42.6 Å². The van der Waals surface area contributed by atoms with E-state index in [2.05, 4.69) is 23.8 Å². The molecule has 1 aromatic heterocycles. The summed E-state index contributed by atoms with van der Waals surface area (Å²) in [6.45, 7) is 7.65. The van der Waals surface area contributed by atoms with Gasteiger partial charge in [0.2, 0.25) is 0 Å². The average molecular weight is 409 g/mol. The maximum absolute atomic E-state index is 13.3. The summed E-state index contributed by atoms with van der Waals surface area (Å²) >= 11 is 0. The van der Waals surface area contributed by atoms with Gasteiger partial charge in [-0.2, -0.15) is 10.4 Å². The molecule has 0 aliphatic carbocycles. The molecule has 3 atom stereocenters. The highest BCUT2D eigenvalue weighted by Crippen LogP contribution is 2.24. The third-order valence-electron chi connectivity index (χ3n) is 5.87. The van der Waals surface area contributed by atoms with Gasteiger partial charge >= 0.3 is 0 Å². The Bertz CT molecular complexity index is 955. The normalized spacial score (nSPS) is 24.7. The molecule has 30 heavy (non-hydrogen) atoms. The van der Waals surface area contributed by atoms with E-state index >= 15 is 0 Å². The molecule has 0 saturated carbocycles. The molecule has 2 aromatic rings. The number of carbonyl (C=O) groups is 1. The van der Waals surface area contributed by atoms with E-state index in [0.717, 1.165) is 39.0 Å². The van der Waals surface area contributed by atoms with Crippen LogP contribution in [0.4, 0.5) is 5.82 Å². The highest BCUT2D eigenvalue weighted by Gasteiger charge is 2.33. The van der Waals surface area contributed by atoms with Gasteiger partial charge in [0.15, 0.2) is 0 Å². The topological polar surface area (TPSA) is 100 Å². The summed E-state index contributed by atoms with van der Waals surface area (Å²) in [4.78, 5) is 17.7. The van der Waals surface area contributed by atoms with E-state index < -0.39 is 0 Å². The Morgan fingerprint density at radius 3 is 2.80 bits per heavy atom. The van der Waals surface area contributed by atoms with E-state index in [-0.39, 0.29) is 30.0 Å². The van der Waals surface area contributed by atoms with Gasteiger partial charge in [-0.25, -0.2) is 4.68 Å². The van der Waals surface area contributed by atoms with Crippen molar-refractivity contribution in [1.29, 1.82) is 5.26 Å². The molecule has 4 rings (SSSR count). The lowest BCUT2D eigenvalue weighted by Crippen LogP contribution is -2.50. The average Bonchev–Trinajstić information content (AvgIpc) is 3.33. The zero-order chi connectivity index (χ0) is 21.3. The minimum absolute atomic E-state index is 0.0277. The second kappa shape index (κ2) is 8.46. The Hall–Kier alpha value is -2.89. The zero-order valence-corrected chi connectivity index (χ0v) is 17.5. The van der Waals surface area contributed by atoms with Gasteiger partial charge in [0.05, 0.1) is 24.1 Å². The van der Waals surface area contributed by atoms with Crippen molar-refractivity contribution in [3.8, 4) is 11.8 Å². The number of nitrogen functional groups attached to an aromatic ring is 1. The summed E-state index contributed by atoms with van der Waals surface area (Å²) in [6.07, 6.45) is 3.90. The van der Waals surface area contributed by atoms with Crippen LogP contribution in [0, 0.1) is 11.3 Å². The Morgan fingerprint density at radius 1 is 1.33 bits per heavy atom. The number of benzene rings is 1. The van der Waals surface area contributed by atoms with Gasteiger partial charge in [-0.15, -0.1) is 0 Å². The number of hydrogen-bond donors (Lipinski definition) is 1. The van der Waals surface area contributed by atoms with Crippen LogP contribution in [0.5, 0.6) is 0 Å². The number of hydrogen-bond acceptors (Lipinski definition) is 6. The van der Waals surface area contributed by atoms with E-state index in [1.54, 1.807) is 6.07 Å². The molecule has 3 heterocycles. The Labute approximate surface area is 176 Å². The molecule has 1 aromatic carbocycles. The van der Waals surface area contributed by atoms with Crippen molar-refractivity contribution in [2.75, 3.05) is 31.9 Å². The fourth-order valence-corrected chi connectivity index (χ4v) is 4.61. The number of likely N-dealkylation sites (tertiary alicyclic amines) is 1. The van der Waals surface area contributed by atoms with Crippen molar-refractivity contribution in [1.82, 2.24) is 19.6 Å². The first-order valence-corrected chi connectivity index (χ1v) is 10.5. The highest BCUT2D eigenvalue weighted by atomic mass is 16.5. The standard InChI is InChI=1S/C22H28N6O2/c1-15-12-26(13-16(2)30-15)14-20-7-4-8-27(20)22(29)17-5-3-6-19(9-17)28-21(24)18(10-23)11-25-28/h3,5-6,9,11,15-16,20H,4,7-8,12-14,24H2,1-2H3. The van der Waals surface area contributed by atoms with Crippen molar-refractivity contribution in [3.05, 3.63) is 41.6 Å². The van der Waals surface area contributed by atoms with Crippen LogP contribution < -0.4 is 5.73 Å². The van der Waals surface area contributed by atoms with Crippen molar-refractivity contribution in [2.24, 2.45) is 0 Å². The van der Waals surface area contributed by atoms with Crippen LogP contribution >= 0.6 is 0 Å². The molecular weight excluding hydrogens is 380 g/mol. The van der Waals surface area contributed by atoms with Crippen LogP contribution in [-0.4, -0.2) is 69.9 Å². The quantitative estimate of drug-likeness (QED) is 0.831. The van der Waals surface area contributed by atoms with Gasteiger partial charge in [0.1, 0.15) is 17.5 Å². The van der Waals surface area contributed by atoms with Crippen molar-refractivity contribution >= 4 is 11.7 Å². The lowest BCUT2D eigenvalue weighted by molar-refractivity contribution is -0.0715. The number of rotatable bonds is 4. The van der Waals surface area contributed by atoms with Gasteiger partial charge < -0.3 is 15.4 Å². The summed E-state index contributed by atoms with van der Waals surface area (Å²) in [7, 11) is 0. The second-order valence-corrected chi connectivity index (χ2v) is 8.29. The third-order valence-corrected chi connectivity index (χ3v) is 5.87. The third kappa shape index (κ3) is 4.04. The van der Waals surface area contributed by atoms with Crippen LogP contribution in [0.2, 0.25) is 0 Å². The van der Waals surface area contributed by atoms with Crippen LogP contribution in [0.3, 0.4) is 0 Å². The summed E-state index contributed by atoms with van der Waals surface area (Å²) in [5.74, 6) is 0.302. The van der Waals surface area contributed by atoms with Crippen molar-refractivity contribution < 1.29 is 9.53 Å². The molecule has 8 heteroatoms. The lowest BCUT2D eigenvalue weighted by Gasteiger charge is -2.38. The van der Waals surface area contributed by atoms with Gasteiger partial charge in [0, 0.05) is 37.8 Å². The van der Waals surface area contributed by atoms with Crippen molar-refractivity contribution in [2.45, 2.75) is 44.9 Å². The van der Waals surface area contributed by atoms with Crippen LogP contribution in [0.25, 0.3) is 5.69 Å². The van der Waals surface area contributed by atoms with E-state index in [0.29, 0.717) is 16.8 Å². The summed E-state index contributed by atoms with van der Waals surface area (Å²) in [5.41, 5.74) is 7.61. The van der Waals surface area contributed by atoms with E-state index in [4.69, 9.17) is 15.7 Å². The molecule has 2 N–H and O–H groups in total.